The average molecular weight is 366 g/mol. The first-order valence-corrected chi connectivity index (χ1v) is 10.4. The van der Waals surface area contributed by atoms with E-state index in [1.807, 2.05) is 12.1 Å². The number of nitrogens with zero attached hydrogens (tertiary/aromatic N) is 1. The fraction of sp³-hybridized carbons (Fsp3) is 0.727. The van der Waals surface area contributed by atoms with Gasteiger partial charge in [-0.15, -0.1) is 0 Å². The van der Waals surface area contributed by atoms with Crippen molar-refractivity contribution < 1.29 is 13.9 Å². The Morgan fingerprint density at radius 2 is 1.38 bits per heavy atom. The fourth-order valence-corrected chi connectivity index (χ4v) is 3.03. The van der Waals surface area contributed by atoms with Gasteiger partial charge in [0.1, 0.15) is 6.61 Å². The molecule has 26 heavy (non-hydrogen) atoms. The van der Waals surface area contributed by atoms with E-state index >= 15 is 0 Å². The van der Waals surface area contributed by atoms with Crippen LogP contribution in [0.15, 0.2) is 24.5 Å². The smallest absolute Gasteiger partial charge is 0.306 e. The molecule has 0 atom stereocenters. The van der Waals surface area contributed by atoms with E-state index in [2.05, 4.69) is 4.98 Å². The number of aromatic nitrogens is 1. The highest BCUT2D eigenvalue weighted by atomic mass is 19.1. The number of halogens is 1. The number of carbonyl (C=O) groups is 1. The van der Waals surface area contributed by atoms with Crippen LogP contribution in [-0.4, -0.2) is 17.6 Å². The third-order valence-corrected chi connectivity index (χ3v) is 4.64. The van der Waals surface area contributed by atoms with Crippen LogP contribution < -0.4 is 0 Å². The molecule has 1 aromatic heterocycles. The quantitative estimate of drug-likeness (QED) is 0.232. The first-order chi connectivity index (χ1) is 12.8. The molecule has 148 valence electrons. The zero-order chi connectivity index (χ0) is 18.7. The van der Waals surface area contributed by atoms with Crippen LogP contribution in [0.5, 0.6) is 0 Å². The number of unbranched alkanes of at least 4 members (excludes halogenated alkanes) is 12. The zero-order valence-electron chi connectivity index (χ0n) is 16.3. The van der Waals surface area contributed by atoms with Gasteiger partial charge in [0.2, 0.25) is 0 Å². The Morgan fingerprint density at radius 1 is 0.846 bits per heavy atom. The Kier molecular flexibility index (Phi) is 14.8. The highest BCUT2D eigenvalue weighted by molar-refractivity contribution is 5.69. The molecule has 0 fully saturated rings. The summed E-state index contributed by atoms with van der Waals surface area (Å²) in [5.41, 5.74) is 0.931. The van der Waals surface area contributed by atoms with Gasteiger partial charge in [0.25, 0.3) is 0 Å². The van der Waals surface area contributed by atoms with E-state index in [0.717, 1.165) is 31.2 Å². The van der Waals surface area contributed by atoms with Crippen molar-refractivity contribution in [3.05, 3.63) is 30.1 Å². The Labute approximate surface area is 158 Å². The van der Waals surface area contributed by atoms with E-state index in [1.54, 1.807) is 12.4 Å². The zero-order valence-corrected chi connectivity index (χ0v) is 16.3. The van der Waals surface area contributed by atoms with E-state index < -0.39 is 0 Å². The monoisotopic (exact) mass is 365 g/mol. The summed E-state index contributed by atoms with van der Waals surface area (Å²) in [6.45, 7) is 0.162. The highest BCUT2D eigenvalue weighted by Crippen LogP contribution is 2.13. The lowest BCUT2D eigenvalue weighted by atomic mass is 10.0. The lowest BCUT2D eigenvalue weighted by molar-refractivity contribution is -0.145. The third kappa shape index (κ3) is 13.8. The van der Waals surface area contributed by atoms with Crippen LogP contribution in [0, 0.1) is 0 Å². The molecule has 0 amide bonds. The number of rotatable bonds is 17. The molecule has 0 spiro atoms. The molecule has 1 aromatic rings. The van der Waals surface area contributed by atoms with Gasteiger partial charge in [0, 0.05) is 24.4 Å². The fourth-order valence-electron chi connectivity index (χ4n) is 3.03. The van der Waals surface area contributed by atoms with Crippen molar-refractivity contribution in [3.8, 4) is 0 Å². The van der Waals surface area contributed by atoms with Crippen molar-refractivity contribution >= 4 is 5.97 Å². The first kappa shape index (κ1) is 22.6. The predicted molar refractivity (Wildman–Crippen MR) is 105 cm³/mol. The van der Waals surface area contributed by atoms with Crippen LogP contribution >= 0.6 is 0 Å². The number of hydrogen-bond donors (Lipinski definition) is 0. The van der Waals surface area contributed by atoms with Gasteiger partial charge in [-0.1, -0.05) is 76.7 Å². The Bertz CT molecular complexity index is 439. The second-order valence-electron chi connectivity index (χ2n) is 7.06. The molecule has 0 bridgehead atoms. The molecule has 0 aliphatic rings. The van der Waals surface area contributed by atoms with Crippen LogP contribution in [0.1, 0.15) is 95.5 Å². The van der Waals surface area contributed by atoms with Gasteiger partial charge in [0.05, 0.1) is 6.67 Å². The standard InChI is InChI=1S/C22H36FNO2/c23-17-13-11-9-7-5-3-1-2-4-6-8-10-12-16-22(25)26-20-21-15-14-18-24-19-21/h14-15,18-19H,1-13,16-17,20H2. The molecule has 1 heterocycles. The van der Waals surface area contributed by atoms with Gasteiger partial charge >= 0.3 is 5.97 Å². The molecule has 0 saturated carbocycles. The van der Waals surface area contributed by atoms with Crippen molar-refractivity contribution in [2.75, 3.05) is 6.67 Å². The Balaban J connectivity index is 1.78. The number of pyridine rings is 1. The minimum absolute atomic E-state index is 0.111. The normalized spacial score (nSPS) is 10.8. The van der Waals surface area contributed by atoms with Gasteiger partial charge < -0.3 is 4.74 Å². The molecular weight excluding hydrogens is 329 g/mol. The summed E-state index contributed by atoms with van der Waals surface area (Å²) in [5, 5.41) is 0. The maximum Gasteiger partial charge on any atom is 0.306 e. The number of alkyl halides is 1. The molecule has 0 radical (unpaired) electrons. The lowest BCUT2D eigenvalue weighted by Gasteiger charge is -2.05. The largest absolute Gasteiger partial charge is 0.461 e. The summed E-state index contributed by atoms with van der Waals surface area (Å²) >= 11 is 0. The number of ether oxygens (including phenoxy) is 1. The van der Waals surface area contributed by atoms with E-state index in [4.69, 9.17) is 4.74 Å². The summed E-state index contributed by atoms with van der Waals surface area (Å²) in [7, 11) is 0. The number of esters is 1. The average Bonchev–Trinajstić information content (AvgIpc) is 2.67. The minimum Gasteiger partial charge on any atom is -0.461 e. The van der Waals surface area contributed by atoms with Crippen LogP contribution in [0.2, 0.25) is 0 Å². The summed E-state index contributed by atoms with van der Waals surface area (Å²) in [5.74, 6) is -0.111. The molecule has 0 aromatic carbocycles. The SMILES string of the molecule is O=C(CCCCCCCCCCCCCCCF)OCc1cccnc1. The van der Waals surface area contributed by atoms with Gasteiger partial charge in [-0.05, 0) is 18.9 Å². The molecule has 3 nitrogen and oxygen atoms in total. The molecule has 4 heteroatoms. The second-order valence-corrected chi connectivity index (χ2v) is 7.06. The van der Waals surface area contributed by atoms with Gasteiger partial charge in [-0.25, -0.2) is 0 Å². The number of carbonyl (C=O) groups excluding carboxylic acids is 1. The summed E-state index contributed by atoms with van der Waals surface area (Å²) in [6.07, 6.45) is 19.2. The first-order valence-electron chi connectivity index (χ1n) is 10.4. The highest BCUT2D eigenvalue weighted by Gasteiger charge is 2.03. The minimum atomic E-state index is -0.160. The van der Waals surface area contributed by atoms with Crippen LogP contribution in [0.3, 0.4) is 0 Å². The number of hydrogen-bond acceptors (Lipinski definition) is 3. The van der Waals surface area contributed by atoms with Crippen LogP contribution in [0.25, 0.3) is 0 Å². The van der Waals surface area contributed by atoms with Crippen molar-refractivity contribution in [1.29, 1.82) is 0 Å². The molecule has 0 saturated heterocycles. The Morgan fingerprint density at radius 3 is 1.88 bits per heavy atom. The maximum atomic E-state index is 11.9. The molecule has 0 aliphatic heterocycles. The molecule has 0 N–H and O–H groups in total. The van der Waals surface area contributed by atoms with E-state index in [-0.39, 0.29) is 12.6 Å². The topological polar surface area (TPSA) is 39.2 Å². The Hall–Kier alpha value is -1.45. The van der Waals surface area contributed by atoms with Crippen molar-refractivity contribution in [2.24, 2.45) is 0 Å². The summed E-state index contributed by atoms with van der Waals surface area (Å²) in [4.78, 5) is 15.7. The van der Waals surface area contributed by atoms with Crippen LogP contribution in [-0.2, 0) is 16.1 Å². The van der Waals surface area contributed by atoms with E-state index in [1.165, 1.54) is 57.8 Å². The molecule has 0 unspecified atom stereocenters. The molecule has 0 aliphatic carbocycles. The van der Waals surface area contributed by atoms with Gasteiger partial charge in [-0.3, -0.25) is 14.2 Å². The van der Waals surface area contributed by atoms with Gasteiger partial charge in [-0.2, -0.15) is 0 Å². The van der Waals surface area contributed by atoms with E-state index in [0.29, 0.717) is 13.0 Å². The molecule has 1 rings (SSSR count). The third-order valence-electron chi connectivity index (χ3n) is 4.64. The maximum absolute atomic E-state index is 11.9. The van der Waals surface area contributed by atoms with Crippen molar-refractivity contribution in [2.45, 2.75) is 96.5 Å². The summed E-state index contributed by atoms with van der Waals surface area (Å²) < 4.78 is 17.2. The molecular formula is C22H36FNO2. The second kappa shape index (κ2) is 17.0. The van der Waals surface area contributed by atoms with Crippen LogP contribution in [0.4, 0.5) is 4.39 Å². The summed E-state index contributed by atoms with van der Waals surface area (Å²) in [6, 6.07) is 3.76. The lowest BCUT2D eigenvalue weighted by Crippen LogP contribution is -2.04. The van der Waals surface area contributed by atoms with Crippen molar-refractivity contribution in [3.63, 3.8) is 0 Å². The van der Waals surface area contributed by atoms with Gasteiger partial charge in [0.15, 0.2) is 0 Å². The van der Waals surface area contributed by atoms with E-state index in [9.17, 15) is 9.18 Å². The predicted octanol–water partition coefficient (Wildman–Crippen LogP) is 6.56. The van der Waals surface area contributed by atoms with Crippen molar-refractivity contribution in [1.82, 2.24) is 4.98 Å².